The second-order valence-corrected chi connectivity index (χ2v) is 11.3. The van der Waals surface area contributed by atoms with Crippen LogP contribution in [0.2, 0.25) is 0 Å². The molecule has 3 aromatic carbocycles. The minimum atomic E-state index is -1.44. The Morgan fingerprint density at radius 3 is 2.30 bits per heavy atom. The molecule has 1 aromatic heterocycles. The number of rotatable bonds is 11. The Kier molecular flexibility index (Phi) is 9.96. The molecule has 1 atom stereocenters. The summed E-state index contributed by atoms with van der Waals surface area (Å²) < 4.78 is 5.26. The summed E-state index contributed by atoms with van der Waals surface area (Å²) in [4.78, 5) is 62.4. The van der Waals surface area contributed by atoms with E-state index in [9.17, 15) is 29.1 Å². The lowest BCUT2D eigenvalue weighted by atomic mass is 10.0. The number of anilines is 2. The number of carbonyl (C=O) groups is 5. The molecule has 1 heterocycles. The molecule has 10 nitrogen and oxygen atoms in total. The molecule has 0 aliphatic rings. The molecule has 0 aliphatic carbocycles. The van der Waals surface area contributed by atoms with Crippen molar-refractivity contribution in [2.75, 3.05) is 17.2 Å². The lowest BCUT2D eigenvalue weighted by Gasteiger charge is -2.14. The summed E-state index contributed by atoms with van der Waals surface area (Å²) in [7, 11) is 0. The fourth-order valence-corrected chi connectivity index (χ4v) is 5.94. The number of carboxylic acids is 2. The van der Waals surface area contributed by atoms with Gasteiger partial charge in [0.15, 0.2) is 0 Å². The lowest BCUT2D eigenvalue weighted by Crippen LogP contribution is -2.23. The Morgan fingerprint density at radius 2 is 1.63 bits per heavy atom. The molecule has 0 saturated heterocycles. The number of thiophene rings is 1. The summed E-state index contributed by atoms with van der Waals surface area (Å²) >= 11 is 2.44. The predicted octanol–water partition coefficient (Wildman–Crippen LogP) is 6.36. The smallest absolute Gasteiger partial charge is 0.341 e. The number of carboxylic acid groups (broad SMARTS) is 2. The van der Waals surface area contributed by atoms with Gasteiger partial charge in [-0.2, -0.15) is 0 Å². The van der Waals surface area contributed by atoms with Crippen molar-refractivity contribution in [2.45, 2.75) is 24.0 Å². The minimum Gasteiger partial charge on any atom is -0.478 e. The van der Waals surface area contributed by atoms with Gasteiger partial charge in [-0.05, 0) is 55.8 Å². The third-order valence-corrected chi connectivity index (χ3v) is 8.10. The number of hydrogen-bond donors (Lipinski definition) is 4. The fraction of sp³-hybridized carbons (Fsp3) is 0.129. The van der Waals surface area contributed by atoms with E-state index in [1.807, 2.05) is 30.3 Å². The summed E-state index contributed by atoms with van der Waals surface area (Å²) in [6, 6.07) is 19.2. The largest absolute Gasteiger partial charge is 0.478 e. The van der Waals surface area contributed by atoms with E-state index in [0.717, 1.165) is 23.8 Å². The molecule has 1 unspecified atom stereocenters. The van der Waals surface area contributed by atoms with Gasteiger partial charge in [0.05, 0.1) is 28.5 Å². The number of hydrogen-bond acceptors (Lipinski definition) is 8. The summed E-state index contributed by atoms with van der Waals surface area (Å²) in [6.45, 7) is 3.59. The van der Waals surface area contributed by atoms with E-state index in [2.05, 4.69) is 10.6 Å². The normalized spacial score (nSPS) is 11.3. The average Bonchev–Trinajstić information content (AvgIpc) is 3.41. The van der Waals surface area contributed by atoms with Crippen molar-refractivity contribution >= 4 is 63.5 Å². The van der Waals surface area contributed by atoms with Crippen LogP contribution in [0.3, 0.4) is 0 Å². The quantitative estimate of drug-likeness (QED) is 0.111. The number of benzene rings is 3. The van der Waals surface area contributed by atoms with Gasteiger partial charge in [0, 0.05) is 21.5 Å². The molecule has 4 rings (SSSR count). The molecule has 0 radical (unpaired) electrons. The number of ether oxygens (including phenoxy) is 1. The number of carbonyl (C=O) groups excluding carboxylic acids is 3. The molecule has 12 heteroatoms. The molecule has 4 aromatic rings. The Hall–Kier alpha value is -4.94. The maximum atomic E-state index is 13.2. The monoisotopic (exact) mass is 618 g/mol. The Bertz CT molecular complexity index is 1700. The number of amides is 2. The number of thioether (sulfide) groups is 1. The highest BCUT2D eigenvalue weighted by Crippen LogP contribution is 2.37. The first kappa shape index (κ1) is 31.0. The van der Waals surface area contributed by atoms with Crippen LogP contribution in [0.25, 0.3) is 11.1 Å². The first-order valence-corrected chi connectivity index (χ1v) is 14.7. The van der Waals surface area contributed by atoms with Crippen LogP contribution in [0.1, 0.15) is 55.3 Å². The highest BCUT2D eigenvalue weighted by atomic mass is 32.2. The summed E-state index contributed by atoms with van der Waals surface area (Å²) in [5.41, 5.74) is 1.20. The van der Waals surface area contributed by atoms with E-state index in [1.165, 1.54) is 23.1 Å². The molecule has 0 aliphatic heterocycles. The SMILES string of the molecule is CCOC(=O)c1c(-c2ccccc2)csc1NC(=O)C(C)Sc1cccc(NC(=O)c2ccc(C(=O)O)cc2C(=O)O)c1. The third-order valence-electron chi connectivity index (χ3n) is 6.11. The predicted molar refractivity (Wildman–Crippen MR) is 164 cm³/mol. The molecule has 0 bridgehead atoms. The Morgan fingerprint density at radius 1 is 0.884 bits per heavy atom. The van der Waals surface area contributed by atoms with Crippen molar-refractivity contribution in [3.63, 3.8) is 0 Å². The van der Waals surface area contributed by atoms with E-state index < -0.39 is 34.6 Å². The van der Waals surface area contributed by atoms with E-state index in [1.54, 1.807) is 43.5 Å². The molecular formula is C31H26N2O8S2. The van der Waals surface area contributed by atoms with Gasteiger partial charge in [-0.3, -0.25) is 9.59 Å². The van der Waals surface area contributed by atoms with E-state index in [0.29, 0.717) is 21.1 Å². The molecule has 220 valence electrons. The van der Waals surface area contributed by atoms with Crippen molar-refractivity contribution < 1.29 is 38.9 Å². The summed E-state index contributed by atoms with van der Waals surface area (Å²) in [5, 5.41) is 25.7. The second kappa shape index (κ2) is 13.8. The summed E-state index contributed by atoms with van der Waals surface area (Å²) in [6.07, 6.45) is 0. The summed E-state index contributed by atoms with van der Waals surface area (Å²) in [5.74, 6) is -4.38. The standard InChI is InChI=1S/C31H26N2O8S2/c1-3-41-31(40)25-24(18-8-5-4-6-9-18)16-42-28(25)33-26(34)17(2)43-21-11-7-10-20(15-21)32-27(35)22-13-12-19(29(36)37)14-23(22)30(38)39/h4-17H,3H2,1-2H3,(H,32,35)(H,33,34)(H,36,37)(H,38,39). The van der Waals surface area contributed by atoms with E-state index in [-0.39, 0.29) is 29.2 Å². The van der Waals surface area contributed by atoms with Gasteiger partial charge in [0.2, 0.25) is 5.91 Å². The van der Waals surface area contributed by atoms with Gasteiger partial charge in [-0.1, -0.05) is 36.4 Å². The molecule has 4 N–H and O–H groups in total. The zero-order valence-corrected chi connectivity index (χ0v) is 24.6. The van der Waals surface area contributed by atoms with Gasteiger partial charge >= 0.3 is 17.9 Å². The van der Waals surface area contributed by atoms with Gasteiger partial charge in [0.25, 0.3) is 5.91 Å². The lowest BCUT2D eigenvalue weighted by molar-refractivity contribution is -0.115. The van der Waals surface area contributed by atoms with Crippen LogP contribution in [-0.2, 0) is 9.53 Å². The van der Waals surface area contributed by atoms with Crippen LogP contribution in [0.4, 0.5) is 10.7 Å². The van der Waals surface area contributed by atoms with Gasteiger partial charge < -0.3 is 25.6 Å². The molecule has 0 spiro atoms. The van der Waals surface area contributed by atoms with Crippen molar-refractivity contribution in [1.29, 1.82) is 0 Å². The highest BCUT2D eigenvalue weighted by molar-refractivity contribution is 8.00. The van der Waals surface area contributed by atoms with Crippen LogP contribution in [0.15, 0.2) is 83.1 Å². The maximum Gasteiger partial charge on any atom is 0.341 e. The third kappa shape index (κ3) is 7.48. The van der Waals surface area contributed by atoms with Crippen molar-refractivity contribution in [1.82, 2.24) is 0 Å². The van der Waals surface area contributed by atoms with Gasteiger partial charge in [-0.15, -0.1) is 23.1 Å². The minimum absolute atomic E-state index is 0.181. The molecule has 43 heavy (non-hydrogen) atoms. The molecule has 2 amide bonds. The zero-order chi connectivity index (χ0) is 31.1. The first-order valence-electron chi connectivity index (χ1n) is 12.9. The van der Waals surface area contributed by atoms with Crippen LogP contribution >= 0.6 is 23.1 Å². The Labute approximate surface area is 254 Å². The fourth-order valence-electron chi connectivity index (χ4n) is 4.05. The van der Waals surface area contributed by atoms with Crippen molar-refractivity contribution in [3.8, 4) is 11.1 Å². The molecular weight excluding hydrogens is 592 g/mol. The zero-order valence-electron chi connectivity index (χ0n) is 23.0. The van der Waals surface area contributed by atoms with Crippen molar-refractivity contribution in [3.05, 3.63) is 100 Å². The van der Waals surface area contributed by atoms with Crippen LogP contribution in [-0.4, -0.2) is 51.8 Å². The number of esters is 1. The topological polar surface area (TPSA) is 159 Å². The van der Waals surface area contributed by atoms with Crippen LogP contribution < -0.4 is 10.6 Å². The molecule has 0 fully saturated rings. The van der Waals surface area contributed by atoms with Gasteiger partial charge in [0.1, 0.15) is 10.6 Å². The average molecular weight is 619 g/mol. The first-order chi connectivity index (χ1) is 20.6. The number of nitrogens with one attached hydrogen (secondary N) is 2. The Balaban J connectivity index is 1.48. The van der Waals surface area contributed by atoms with Crippen LogP contribution in [0.5, 0.6) is 0 Å². The van der Waals surface area contributed by atoms with Crippen molar-refractivity contribution in [2.24, 2.45) is 0 Å². The highest BCUT2D eigenvalue weighted by Gasteiger charge is 2.25. The molecule has 0 saturated carbocycles. The van der Waals surface area contributed by atoms with Gasteiger partial charge in [-0.25, -0.2) is 14.4 Å². The maximum absolute atomic E-state index is 13.2. The van der Waals surface area contributed by atoms with E-state index in [4.69, 9.17) is 9.84 Å². The number of aromatic carboxylic acids is 2. The van der Waals surface area contributed by atoms with E-state index >= 15 is 0 Å². The van der Waals surface area contributed by atoms with Crippen LogP contribution in [0, 0.1) is 0 Å². The second-order valence-electron chi connectivity index (χ2n) is 9.04.